The van der Waals surface area contributed by atoms with E-state index in [1.165, 1.54) is 11.1 Å². The lowest BCUT2D eigenvalue weighted by molar-refractivity contribution is -0.119. The van der Waals surface area contributed by atoms with E-state index in [1.54, 1.807) is 7.05 Å². The molecule has 16 heavy (non-hydrogen) atoms. The number of halogens is 2. The number of nitrogens with one attached hydrogen (secondary N) is 1. The molecule has 0 atom stereocenters. The zero-order valence-corrected chi connectivity index (χ0v) is 9.88. The molecule has 1 aromatic rings. The number of rotatable bonds is 4. The second-order valence-corrected chi connectivity index (χ2v) is 3.70. The van der Waals surface area contributed by atoms with Crippen LogP contribution in [-0.2, 0) is 4.79 Å². The van der Waals surface area contributed by atoms with Crippen molar-refractivity contribution in [1.82, 2.24) is 10.3 Å². The van der Waals surface area contributed by atoms with Crippen LogP contribution in [0.4, 0.5) is 10.2 Å². The Morgan fingerprint density at radius 2 is 2.38 bits per heavy atom. The van der Waals surface area contributed by atoms with Crippen molar-refractivity contribution in [3.05, 3.63) is 23.1 Å². The third-order valence-electron chi connectivity index (χ3n) is 1.90. The van der Waals surface area contributed by atoms with Gasteiger partial charge in [-0.25, -0.2) is 9.37 Å². The van der Waals surface area contributed by atoms with Gasteiger partial charge in [0.2, 0.25) is 5.91 Å². The van der Waals surface area contributed by atoms with Gasteiger partial charge in [0.05, 0.1) is 11.6 Å². The third-order valence-corrected chi connectivity index (χ3v) is 2.11. The number of carbonyl (C=O) groups is 1. The molecule has 1 amide bonds. The van der Waals surface area contributed by atoms with Crippen LogP contribution in [0.3, 0.4) is 0 Å². The molecule has 4 nitrogen and oxygen atoms in total. The number of anilines is 1. The van der Waals surface area contributed by atoms with Gasteiger partial charge in [-0.3, -0.25) is 4.79 Å². The van der Waals surface area contributed by atoms with E-state index in [0.717, 1.165) is 6.07 Å². The van der Waals surface area contributed by atoms with Crippen molar-refractivity contribution in [3.8, 4) is 0 Å². The van der Waals surface area contributed by atoms with Crippen LogP contribution in [0.15, 0.2) is 12.3 Å². The summed E-state index contributed by atoms with van der Waals surface area (Å²) in [4.78, 5) is 16.5. The average Bonchev–Trinajstić information content (AvgIpc) is 2.17. The number of hydrogen-bond donors (Lipinski definition) is 1. The molecule has 1 N–H and O–H groups in total. The number of likely N-dealkylation sites (N-methyl/N-ethyl adjacent to an activating group) is 2. The van der Waals surface area contributed by atoms with Crippen LogP contribution in [-0.4, -0.2) is 31.0 Å². The molecule has 0 aliphatic carbocycles. The Bertz CT molecular complexity index is 386. The zero-order chi connectivity index (χ0) is 12.1. The van der Waals surface area contributed by atoms with Crippen molar-refractivity contribution in [1.29, 1.82) is 0 Å². The quantitative estimate of drug-likeness (QED) is 0.873. The van der Waals surface area contributed by atoms with Gasteiger partial charge >= 0.3 is 0 Å². The summed E-state index contributed by atoms with van der Waals surface area (Å²) in [6.07, 6.45) is 1.34. The van der Waals surface area contributed by atoms with E-state index in [1.807, 2.05) is 6.92 Å². The fourth-order valence-electron chi connectivity index (χ4n) is 1.23. The second kappa shape index (κ2) is 5.65. The maximum Gasteiger partial charge on any atom is 0.239 e. The second-order valence-electron chi connectivity index (χ2n) is 3.27. The first-order valence-corrected chi connectivity index (χ1v) is 5.21. The summed E-state index contributed by atoms with van der Waals surface area (Å²) in [7, 11) is 1.59. The Balaban J connectivity index is 2.72. The number of pyridine rings is 1. The summed E-state index contributed by atoms with van der Waals surface area (Å²) in [5.74, 6) is -0.615. The van der Waals surface area contributed by atoms with Gasteiger partial charge in [-0.1, -0.05) is 11.6 Å². The number of aromatic nitrogens is 1. The smallest absolute Gasteiger partial charge is 0.239 e. The molecule has 0 unspecified atom stereocenters. The van der Waals surface area contributed by atoms with E-state index in [-0.39, 0.29) is 23.3 Å². The highest BCUT2D eigenvalue weighted by atomic mass is 35.5. The van der Waals surface area contributed by atoms with Crippen molar-refractivity contribution >= 4 is 23.3 Å². The van der Waals surface area contributed by atoms with Crippen LogP contribution in [0.2, 0.25) is 5.02 Å². The van der Waals surface area contributed by atoms with E-state index < -0.39 is 5.82 Å². The van der Waals surface area contributed by atoms with Gasteiger partial charge < -0.3 is 10.2 Å². The summed E-state index contributed by atoms with van der Waals surface area (Å²) in [6.45, 7) is 2.42. The van der Waals surface area contributed by atoms with Crippen LogP contribution < -0.4 is 10.2 Å². The summed E-state index contributed by atoms with van der Waals surface area (Å²) in [5.41, 5.74) is 0. The zero-order valence-electron chi connectivity index (χ0n) is 9.13. The minimum absolute atomic E-state index is 0.0550. The van der Waals surface area contributed by atoms with Crippen LogP contribution in [0, 0.1) is 5.82 Å². The molecule has 0 radical (unpaired) electrons. The Kier molecular flexibility index (Phi) is 4.49. The molecule has 6 heteroatoms. The molecule has 0 fully saturated rings. The molecule has 88 valence electrons. The molecular weight excluding hydrogens is 233 g/mol. The largest absolute Gasteiger partial charge is 0.355 e. The molecule has 0 saturated carbocycles. The molecule has 0 saturated heterocycles. The monoisotopic (exact) mass is 245 g/mol. The van der Waals surface area contributed by atoms with Gasteiger partial charge in [0.25, 0.3) is 0 Å². The van der Waals surface area contributed by atoms with E-state index in [9.17, 15) is 9.18 Å². The fourth-order valence-corrected chi connectivity index (χ4v) is 1.38. The lowest BCUT2D eigenvalue weighted by Crippen LogP contribution is -2.35. The maximum atomic E-state index is 13.4. The van der Waals surface area contributed by atoms with Gasteiger partial charge in [0, 0.05) is 19.8 Å². The Morgan fingerprint density at radius 1 is 1.69 bits per heavy atom. The van der Waals surface area contributed by atoms with Gasteiger partial charge in [-0.2, -0.15) is 0 Å². The number of nitrogens with zero attached hydrogens (tertiary/aromatic N) is 2. The topological polar surface area (TPSA) is 45.2 Å². The van der Waals surface area contributed by atoms with E-state index in [2.05, 4.69) is 10.3 Å². The first-order valence-electron chi connectivity index (χ1n) is 4.83. The van der Waals surface area contributed by atoms with Crippen molar-refractivity contribution in [2.75, 3.05) is 25.0 Å². The molecule has 0 aliphatic heterocycles. The van der Waals surface area contributed by atoms with Crippen molar-refractivity contribution < 1.29 is 9.18 Å². The SMILES string of the molecule is CCNC(=O)CN(C)c1ncc(Cl)cc1F. The van der Waals surface area contributed by atoms with Crippen LogP contribution in [0.1, 0.15) is 6.92 Å². The summed E-state index contributed by atoms with van der Waals surface area (Å²) >= 11 is 5.58. The summed E-state index contributed by atoms with van der Waals surface area (Å²) < 4.78 is 13.4. The molecule has 0 bridgehead atoms. The number of carbonyl (C=O) groups excluding carboxylic acids is 1. The minimum atomic E-state index is -0.542. The standard InChI is InChI=1S/C10H13ClFN3O/c1-3-13-9(16)6-15(2)10-8(12)4-7(11)5-14-10/h4-5H,3,6H2,1-2H3,(H,13,16). The minimum Gasteiger partial charge on any atom is -0.355 e. The molecule has 0 aliphatic rings. The van der Waals surface area contributed by atoms with Crippen molar-refractivity contribution in [2.45, 2.75) is 6.92 Å². The van der Waals surface area contributed by atoms with Crippen LogP contribution in [0.25, 0.3) is 0 Å². The van der Waals surface area contributed by atoms with Crippen molar-refractivity contribution in [2.24, 2.45) is 0 Å². The molecule has 1 heterocycles. The van der Waals surface area contributed by atoms with Crippen molar-refractivity contribution in [3.63, 3.8) is 0 Å². The number of hydrogen-bond acceptors (Lipinski definition) is 3. The molecule has 1 rings (SSSR count). The Labute approximate surface area is 98.4 Å². The first-order chi connectivity index (χ1) is 7.54. The lowest BCUT2D eigenvalue weighted by atomic mass is 10.4. The Hall–Kier alpha value is -1.36. The molecule has 1 aromatic heterocycles. The van der Waals surface area contributed by atoms with Crippen LogP contribution in [0.5, 0.6) is 0 Å². The van der Waals surface area contributed by atoms with Gasteiger partial charge in [-0.05, 0) is 13.0 Å². The van der Waals surface area contributed by atoms with Gasteiger partial charge in [-0.15, -0.1) is 0 Å². The van der Waals surface area contributed by atoms with Gasteiger partial charge in [0.15, 0.2) is 11.6 Å². The Morgan fingerprint density at radius 3 is 2.94 bits per heavy atom. The lowest BCUT2D eigenvalue weighted by Gasteiger charge is -2.17. The third kappa shape index (κ3) is 3.34. The normalized spacial score (nSPS) is 10.0. The molecule has 0 aromatic carbocycles. The average molecular weight is 246 g/mol. The fraction of sp³-hybridized carbons (Fsp3) is 0.400. The maximum absolute atomic E-state index is 13.4. The summed E-state index contributed by atoms with van der Waals surface area (Å²) in [5, 5.41) is 2.85. The van der Waals surface area contributed by atoms with Gasteiger partial charge in [0.1, 0.15) is 0 Å². The first kappa shape index (κ1) is 12.7. The van der Waals surface area contributed by atoms with E-state index in [4.69, 9.17) is 11.6 Å². The molecule has 0 spiro atoms. The number of amides is 1. The van der Waals surface area contributed by atoms with E-state index >= 15 is 0 Å². The van der Waals surface area contributed by atoms with Crippen LogP contribution >= 0.6 is 11.6 Å². The highest BCUT2D eigenvalue weighted by molar-refractivity contribution is 6.30. The molecular formula is C10H13ClFN3O. The highest BCUT2D eigenvalue weighted by Gasteiger charge is 2.12. The van der Waals surface area contributed by atoms with E-state index in [0.29, 0.717) is 6.54 Å². The predicted molar refractivity (Wildman–Crippen MR) is 61.2 cm³/mol. The summed E-state index contributed by atoms with van der Waals surface area (Å²) in [6, 6.07) is 1.16. The predicted octanol–water partition coefficient (Wildman–Crippen LogP) is 1.45. The highest BCUT2D eigenvalue weighted by Crippen LogP contribution is 2.18.